The van der Waals surface area contributed by atoms with Crippen LogP contribution in [0.25, 0.3) is 21.9 Å². The van der Waals surface area contributed by atoms with E-state index in [4.69, 9.17) is 0 Å². The number of rotatable bonds is 2. The molecule has 0 atom stereocenters. The van der Waals surface area contributed by atoms with Crippen LogP contribution in [0.5, 0.6) is 0 Å². The number of benzene rings is 2. The van der Waals surface area contributed by atoms with Gasteiger partial charge in [0.1, 0.15) is 10.7 Å². The Bertz CT molecular complexity index is 1590. The normalized spacial score (nSPS) is 14.7. The monoisotopic (exact) mass is 462 g/mol. The molecule has 13 heteroatoms. The van der Waals surface area contributed by atoms with E-state index in [1.807, 2.05) is 0 Å². The first-order valence-electron chi connectivity index (χ1n) is 9.28. The highest BCUT2D eigenvalue weighted by atomic mass is 32.2. The Hall–Kier alpha value is -3.74. The zero-order valence-electron chi connectivity index (χ0n) is 16.0. The van der Waals surface area contributed by atoms with Gasteiger partial charge in [0.15, 0.2) is 0 Å². The fourth-order valence-corrected chi connectivity index (χ4v) is 4.49. The summed E-state index contributed by atoms with van der Waals surface area (Å²) >= 11 is 0. The lowest BCUT2D eigenvalue weighted by molar-refractivity contribution is -0.0435. The van der Waals surface area contributed by atoms with E-state index in [-0.39, 0.29) is 16.6 Å². The van der Waals surface area contributed by atoms with Gasteiger partial charge in [-0.15, -0.1) is 0 Å². The quantitative estimate of drug-likeness (QED) is 0.472. The van der Waals surface area contributed by atoms with Crippen molar-refractivity contribution in [1.82, 2.24) is 19.5 Å². The number of imidazole rings is 1. The Morgan fingerprint density at radius 3 is 2.78 bits per heavy atom. The number of hydrogen-bond donors (Lipinski definition) is 2. The van der Waals surface area contributed by atoms with Gasteiger partial charge in [-0.1, -0.05) is 6.07 Å². The molecule has 9 nitrogen and oxygen atoms in total. The lowest BCUT2D eigenvalue weighted by Crippen LogP contribution is -2.27. The van der Waals surface area contributed by atoms with Gasteiger partial charge in [-0.25, -0.2) is 18.4 Å². The Balaban J connectivity index is 1.75. The zero-order valence-corrected chi connectivity index (χ0v) is 16.8. The number of carbonyl (C=O) groups excluding carboxylic acids is 1. The van der Waals surface area contributed by atoms with Gasteiger partial charge in [0.2, 0.25) is 5.62 Å². The number of aromatic nitrogens is 4. The summed E-state index contributed by atoms with van der Waals surface area (Å²) in [4.78, 5) is 26.8. The molecule has 0 radical (unpaired) electrons. The van der Waals surface area contributed by atoms with Gasteiger partial charge in [0.25, 0.3) is 15.7 Å². The summed E-state index contributed by atoms with van der Waals surface area (Å²) in [5.41, 5.74) is -4.66. The number of anilines is 1. The number of aromatic amines is 1. The lowest BCUT2D eigenvalue weighted by Gasteiger charge is -2.13. The van der Waals surface area contributed by atoms with E-state index >= 15 is 0 Å². The van der Waals surface area contributed by atoms with Crippen LogP contribution in [0.3, 0.4) is 0 Å². The number of alkyl halides is 3. The van der Waals surface area contributed by atoms with Crippen LogP contribution >= 0.6 is 0 Å². The summed E-state index contributed by atoms with van der Waals surface area (Å²) in [5, 5.41) is 3.18. The highest BCUT2D eigenvalue weighted by molar-refractivity contribution is 7.92. The van der Waals surface area contributed by atoms with Crippen molar-refractivity contribution in [2.75, 3.05) is 11.9 Å². The van der Waals surface area contributed by atoms with Crippen LogP contribution in [0.1, 0.15) is 10.4 Å². The molecule has 0 aliphatic carbocycles. The van der Waals surface area contributed by atoms with Crippen LogP contribution in [0.2, 0.25) is 0 Å². The Kier molecular flexibility index (Phi) is 4.34. The number of fused-ring (bicyclic) bond motifs is 4. The SMILES string of the molecule is O=C(N=c1nc2c(S(=O)(=O)C(F)(F)F)cccc2c2n1CCN2)c1ccc2nc[nH]c2c1. The molecular weight excluding hydrogens is 449 g/mol. The number of nitrogens with one attached hydrogen (secondary N) is 2. The van der Waals surface area contributed by atoms with E-state index in [0.29, 0.717) is 29.9 Å². The maximum absolute atomic E-state index is 13.2. The van der Waals surface area contributed by atoms with Crippen molar-refractivity contribution in [2.45, 2.75) is 16.9 Å². The highest BCUT2D eigenvalue weighted by Gasteiger charge is 2.48. The molecule has 0 saturated heterocycles. The van der Waals surface area contributed by atoms with Gasteiger partial charge >= 0.3 is 5.51 Å². The van der Waals surface area contributed by atoms with Gasteiger partial charge in [0, 0.05) is 24.0 Å². The molecular formula is C19H13F3N6O3S. The lowest BCUT2D eigenvalue weighted by atomic mass is 10.2. The van der Waals surface area contributed by atoms with Gasteiger partial charge in [0.05, 0.1) is 22.9 Å². The summed E-state index contributed by atoms with van der Waals surface area (Å²) in [6.07, 6.45) is 1.47. The molecule has 0 saturated carbocycles. The van der Waals surface area contributed by atoms with Crippen molar-refractivity contribution in [3.63, 3.8) is 0 Å². The fourth-order valence-electron chi connectivity index (χ4n) is 3.57. The molecule has 1 aliphatic rings. The highest BCUT2D eigenvalue weighted by Crippen LogP contribution is 2.35. The molecule has 1 amide bonds. The summed E-state index contributed by atoms with van der Waals surface area (Å²) in [6.45, 7) is 0.758. The van der Waals surface area contributed by atoms with Crippen molar-refractivity contribution in [3.05, 3.63) is 53.9 Å². The minimum atomic E-state index is -5.67. The number of H-pyrrole nitrogens is 1. The van der Waals surface area contributed by atoms with Crippen LogP contribution in [-0.4, -0.2) is 45.9 Å². The number of para-hydroxylation sites is 1. The molecule has 0 bridgehead atoms. The van der Waals surface area contributed by atoms with Gasteiger partial charge in [-0.05, 0) is 30.3 Å². The Morgan fingerprint density at radius 1 is 1.19 bits per heavy atom. The smallest absolute Gasteiger partial charge is 0.369 e. The molecule has 164 valence electrons. The summed E-state index contributed by atoms with van der Waals surface area (Å²) in [7, 11) is -5.67. The van der Waals surface area contributed by atoms with E-state index in [9.17, 15) is 26.4 Å². The largest absolute Gasteiger partial charge is 0.501 e. The summed E-state index contributed by atoms with van der Waals surface area (Å²) in [6, 6.07) is 8.18. The average Bonchev–Trinajstić information content (AvgIpc) is 3.41. The van der Waals surface area contributed by atoms with Crippen LogP contribution in [0.4, 0.5) is 19.0 Å². The minimum absolute atomic E-state index is 0.179. The maximum Gasteiger partial charge on any atom is 0.501 e. The minimum Gasteiger partial charge on any atom is -0.369 e. The van der Waals surface area contributed by atoms with Gasteiger partial charge in [-0.2, -0.15) is 18.2 Å². The number of carbonyl (C=O) groups is 1. The van der Waals surface area contributed by atoms with Crippen molar-refractivity contribution < 1.29 is 26.4 Å². The number of halogens is 3. The average molecular weight is 462 g/mol. The van der Waals surface area contributed by atoms with E-state index in [1.54, 1.807) is 6.07 Å². The van der Waals surface area contributed by atoms with Gasteiger partial charge < -0.3 is 10.3 Å². The predicted molar refractivity (Wildman–Crippen MR) is 107 cm³/mol. The molecule has 2 aromatic carbocycles. The van der Waals surface area contributed by atoms with Crippen LogP contribution in [0.15, 0.2) is 52.6 Å². The first kappa shape index (κ1) is 20.2. The number of amides is 1. The number of nitrogens with zero attached hydrogens (tertiary/aromatic N) is 4. The summed E-state index contributed by atoms with van der Waals surface area (Å²) < 4.78 is 65.5. The third-order valence-corrected chi connectivity index (χ3v) is 6.59. The van der Waals surface area contributed by atoms with Crippen LogP contribution in [-0.2, 0) is 16.4 Å². The van der Waals surface area contributed by atoms with Crippen LogP contribution in [0, 0.1) is 0 Å². The van der Waals surface area contributed by atoms with E-state index in [0.717, 1.165) is 6.07 Å². The second kappa shape index (κ2) is 6.88. The van der Waals surface area contributed by atoms with Crippen molar-refractivity contribution >= 4 is 43.5 Å². The molecule has 2 aromatic heterocycles. The summed E-state index contributed by atoms with van der Waals surface area (Å²) in [5.74, 6) is -0.351. The molecule has 0 fully saturated rings. The zero-order chi connectivity index (χ0) is 22.7. The van der Waals surface area contributed by atoms with Crippen LogP contribution < -0.4 is 10.9 Å². The molecule has 32 heavy (non-hydrogen) atoms. The Morgan fingerprint density at radius 2 is 2.00 bits per heavy atom. The van der Waals surface area contributed by atoms with Gasteiger partial charge in [-0.3, -0.25) is 9.36 Å². The standard InChI is InChI=1S/C19H13F3N6O3S/c20-19(21,22)32(30,31)14-3-1-2-11-15(14)26-18(28-7-6-23-16(11)28)27-17(29)10-4-5-12-13(8-10)25-9-24-12/h1-5,8-9,23H,6-7H2,(H,24,25). The molecule has 3 heterocycles. The number of sulfone groups is 1. The maximum atomic E-state index is 13.2. The molecule has 1 aliphatic heterocycles. The van der Waals surface area contributed by atoms with Crippen molar-refractivity contribution in [3.8, 4) is 0 Å². The molecule has 2 N–H and O–H groups in total. The topological polar surface area (TPSA) is 122 Å². The van der Waals surface area contributed by atoms with E-state index < -0.39 is 31.7 Å². The van der Waals surface area contributed by atoms with Crippen molar-refractivity contribution in [2.24, 2.45) is 4.99 Å². The second-order valence-corrected chi connectivity index (χ2v) is 8.90. The third kappa shape index (κ3) is 3.04. The van der Waals surface area contributed by atoms with E-state index in [2.05, 4.69) is 25.3 Å². The molecule has 4 aromatic rings. The molecule has 5 rings (SSSR count). The third-order valence-electron chi connectivity index (χ3n) is 5.07. The first-order valence-corrected chi connectivity index (χ1v) is 10.8. The van der Waals surface area contributed by atoms with Crippen molar-refractivity contribution in [1.29, 1.82) is 0 Å². The Labute approximate surface area is 177 Å². The second-order valence-electron chi connectivity index (χ2n) is 6.99. The van der Waals surface area contributed by atoms with E-state index in [1.165, 1.54) is 35.2 Å². The molecule has 0 unspecified atom stereocenters. The first-order chi connectivity index (χ1) is 15.2. The number of hydrogen-bond acceptors (Lipinski definition) is 6. The fraction of sp³-hybridized carbons (Fsp3) is 0.158. The molecule has 0 spiro atoms. The predicted octanol–water partition coefficient (Wildman–Crippen LogP) is 2.37.